The molecule has 8 aromatic carbocycles. The smallest absolute Gasteiger partial charge is 0.157 e. The maximum atomic E-state index is 6.36. The molecule has 0 atom stereocenters. The molecule has 0 spiro atoms. The van der Waals surface area contributed by atoms with Crippen molar-refractivity contribution < 1.29 is 4.42 Å². The summed E-state index contributed by atoms with van der Waals surface area (Å²) >= 11 is 0. The van der Waals surface area contributed by atoms with E-state index in [9.17, 15) is 0 Å². The zero-order valence-corrected chi connectivity index (χ0v) is 32.6. The van der Waals surface area contributed by atoms with Gasteiger partial charge >= 0.3 is 0 Å². The Kier molecular flexibility index (Phi) is 7.63. The molecule has 0 N–H and O–H groups in total. The molecule has 4 nitrogen and oxygen atoms in total. The summed E-state index contributed by atoms with van der Waals surface area (Å²) in [6.45, 7) is 0. The highest BCUT2D eigenvalue weighted by atomic mass is 16.3. The molecule has 4 heteroatoms. The van der Waals surface area contributed by atoms with Gasteiger partial charge in [-0.3, -0.25) is 0 Å². The van der Waals surface area contributed by atoms with E-state index in [1.165, 1.54) is 33.4 Å². The summed E-state index contributed by atoms with van der Waals surface area (Å²) in [5.74, 6) is 0. The molecule has 10 aromatic rings. The van der Waals surface area contributed by atoms with Crippen molar-refractivity contribution in [3.8, 4) is 22.3 Å². The number of hydrogen-bond donors (Lipinski definition) is 0. The van der Waals surface area contributed by atoms with E-state index in [-0.39, 0.29) is 0 Å². The van der Waals surface area contributed by atoms with Gasteiger partial charge in [0.25, 0.3) is 0 Å². The van der Waals surface area contributed by atoms with Gasteiger partial charge in [-0.1, -0.05) is 170 Å². The van der Waals surface area contributed by atoms with Crippen molar-refractivity contribution in [1.82, 2.24) is 9.97 Å². The first-order valence-corrected chi connectivity index (χ1v) is 20.5. The van der Waals surface area contributed by atoms with Crippen molar-refractivity contribution in [2.75, 3.05) is 4.90 Å². The average Bonchev–Trinajstić information content (AvgIpc) is 4.01. The fourth-order valence-corrected chi connectivity index (χ4v) is 10.4. The Morgan fingerprint density at radius 2 is 0.933 bits per heavy atom. The third-order valence-electron chi connectivity index (χ3n) is 12.8. The van der Waals surface area contributed by atoms with Crippen LogP contribution in [-0.2, 0) is 10.8 Å². The molecule has 0 saturated carbocycles. The molecule has 0 bridgehead atoms. The largest absolute Gasteiger partial charge is 0.462 e. The number of nitrogens with zero attached hydrogens (tertiary/aromatic N) is 3. The summed E-state index contributed by atoms with van der Waals surface area (Å²) in [7, 11) is 0. The second-order valence-electron chi connectivity index (χ2n) is 15.7. The molecule has 0 unspecified atom stereocenters. The van der Waals surface area contributed by atoms with Crippen LogP contribution in [0.25, 0.3) is 33.2 Å². The number of aromatic nitrogens is 2. The summed E-state index contributed by atoms with van der Waals surface area (Å²) in [5.41, 5.74) is 16.6. The van der Waals surface area contributed by atoms with E-state index in [1.54, 1.807) is 12.6 Å². The molecule has 2 heterocycles. The van der Waals surface area contributed by atoms with Gasteiger partial charge in [0.2, 0.25) is 0 Å². The average molecular weight is 768 g/mol. The maximum absolute atomic E-state index is 6.36. The van der Waals surface area contributed by atoms with Gasteiger partial charge in [-0.05, 0) is 92.0 Å². The summed E-state index contributed by atoms with van der Waals surface area (Å²) in [6, 6.07) is 74.8. The van der Waals surface area contributed by atoms with Crippen molar-refractivity contribution in [2.24, 2.45) is 0 Å². The SMILES string of the molecule is c1ccc(C2(c3ccccc3)c3ccccc3-c3ccc(N(c4ccc5c(c4)C(c4ccccc4)(c4ccccc4)c4ncncc4-5)c4cccc5ccoc45)cc32)cc1. The molecular formula is C56H37N3O. The third kappa shape index (κ3) is 4.73. The van der Waals surface area contributed by atoms with Crippen molar-refractivity contribution in [1.29, 1.82) is 0 Å². The van der Waals surface area contributed by atoms with Crippen molar-refractivity contribution in [3.05, 3.63) is 270 Å². The number of para-hydroxylation sites is 1. The molecule has 12 rings (SSSR count). The number of hydrogen-bond acceptors (Lipinski definition) is 4. The van der Waals surface area contributed by atoms with Crippen LogP contribution in [0.15, 0.2) is 229 Å². The fourth-order valence-electron chi connectivity index (χ4n) is 10.4. The van der Waals surface area contributed by atoms with E-state index < -0.39 is 10.8 Å². The van der Waals surface area contributed by atoms with Crippen molar-refractivity contribution in [2.45, 2.75) is 10.8 Å². The number of rotatable bonds is 7. The lowest BCUT2D eigenvalue weighted by Gasteiger charge is -2.35. The van der Waals surface area contributed by atoms with Crippen LogP contribution in [0, 0.1) is 0 Å². The van der Waals surface area contributed by atoms with E-state index in [1.807, 2.05) is 12.3 Å². The molecule has 2 aliphatic carbocycles. The van der Waals surface area contributed by atoms with E-state index >= 15 is 0 Å². The van der Waals surface area contributed by atoms with Crippen LogP contribution < -0.4 is 4.90 Å². The molecule has 2 aromatic heterocycles. The Morgan fingerprint density at radius 3 is 1.55 bits per heavy atom. The van der Waals surface area contributed by atoms with Crippen LogP contribution in [0.2, 0.25) is 0 Å². The predicted octanol–water partition coefficient (Wildman–Crippen LogP) is 13.4. The summed E-state index contributed by atoms with van der Waals surface area (Å²) in [4.78, 5) is 12.0. The minimum atomic E-state index is -0.691. The molecule has 0 saturated heterocycles. The standard InChI is InChI=1S/C56H37N3O/c1-5-17-39(18-6-1)55(40-19-7-2-8-20-40)49-26-14-13-25-45(49)46-30-28-43(34-50(46)55)59(52-27-15-16-38-32-33-60-53(38)52)44-29-31-47-48-36-57-37-58-54(48)56(51(47)35-44,41-21-9-3-10-22-41)42-23-11-4-12-24-42/h1-37H. The Balaban J connectivity index is 1.16. The van der Waals surface area contributed by atoms with Crippen LogP contribution in [0.5, 0.6) is 0 Å². The number of fused-ring (bicyclic) bond motifs is 7. The van der Waals surface area contributed by atoms with E-state index in [0.29, 0.717) is 0 Å². The molecule has 60 heavy (non-hydrogen) atoms. The first-order chi connectivity index (χ1) is 29.8. The highest BCUT2D eigenvalue weighted by Crippen LogP contribution is 2.59. The highest BCUT2D eigenvalue weighted by Gasteiger charge is 2.49. The van der Waals surface area contributed by atoms with Crippen LogP contribution in [0.4, 0.5) is 17.1 Å². The Labute approximate surface area is 348 Å². The Morgan fingerprint density at radius 1 is 0.417 bits per heavy atom. The second kappa shape index (κ2) is 13.4. The lowest BCUT2D eigenvalue weighted by molar-refractivity contribution is 0.616. The second-order valence-corrected chi connectivity index (χ2v) is 15.7. The predicted molar refractivity (Wildman–Crippen MR) is 241 cm³/mol. The minimum absolute atomic E-state index is 0.555. The molecule has 0 fully saturated rings. The molecule has 282 valence electrons. The zero-order chi connectivity index (χ0) is 39.7. The van der Waals surface area contributed by atoms with Gasteiger partial charge in [-0.25, -0.2) is 9.97 Å². The first kappa shape index (κ1) is 34.2. The summed E-state index contributed by atoms with van der Waals surface area (Å²) < 4.78 is 6.36. The van der Waals surface area contributed by atoms with Crippen molar-refractivity contribution >= 4 is 28.0 Å². The normalized spacial score (nSPS) is 13.9. The third-order valence-corrected chi connectivity index (χ3v) is 12.8. The van der Waals surface area contributed by atoms with Gasteiger partial charge in [-0.15, -0.1) is 0 Å². The van der Waals surface area contributed by atoms with Gasteiger partial charge in [0.1, 0.15) is 6.33 Å². The van der Waals surface area contributed by atoms with Crippen LogP contribution >= 0.6 is 0 Å². The number of furan rings is 1. The van der Waals surface area contributed by atoms with Gasteiger partial charge < -0.3 is 9.32 Å². The fraction of sp³-hybridized carbons (Fsp3) is 0.0357. The molecular weight excluding hydrogens is 731 g/mol. The zero-order valence-electron chi connectivity index (χ0n) is 32.6. The van der Waals surface area contributed by atoms with Gasteiger partial charge in [-0.2, -0.15) is 0 Å². The van der Waals surface area contributed by atoms with Crippen LogP contribution in [0.3, 0.4) is 0 Å². The van der Waals surface area contributed by atoms with E-state index in [2.05, 4.69) is 210 Å². The van der Waals surface area contributed by atoms with Gasteiger partial charge in [0.15, 0.2) is 5.58 Å². The van der Waals surface area contributed by atoms with Crippen LogP contribution in [-0.4, -0.2) is 9.97 Å². The van der Waals surface area contributed by atoms with Gasteiger partial charge in [0.05, 0.1) is 28.5 Å². The highest BCUT2D eigenvalue weighted by molar-refractivity contribution is 5.98. The Bertz CT molecular complexity index is 2950. The summed E-state index contributed by atoms with van der Waals surface area (Å²) in [6.07, 6.45) is 5.44. The van der Waals surface area contributed by atoms with Crippen molar-refractivity contribution in [3.63, 3.8) is 0 Å². The minimum Gasteiger partial charge on any atom is -0.462 e. The molecule has 0 amide bonds. The Hall–Kier alpha value is -7.82. The van der Waals surface area contributed by atoms with Gasteiger partial charge in [0, 0.05) is 28.5 Å². The topological polar surface area (TPSA) is 42.2 Å². The maximum Gasteiger partial charge on any atom is 0.157 e. The van der Waals surface area contributed by atoms with Crippen LogP contribution in [0.1, 0.15) is 44.6 Å². The number of benzene rings is 8. The first-order valence-electron chi connectivity index (χ1n) is 20.5. The number of anilines is 3. The lowest BCUT2D eigenvalue weighted by atomic mass is 9.67. The van der Waals surface area contributed by atoms with E-state index in [0.717, 1.165) is 61.5 Å². The molecule has 0 aliphatic heterocycles. The molecule has 0 radical (unpaired) electrons. The molecule has 2 aliphatic rings. The lowest BCUT2D eigenvalue weighted by Crippen LogP contribution is -2.30. The van der Waals surface area contributed by atoms with E-state index in [4.69, 9.17) is 9.40 Å². The monoisotopic (exact) mass is 767 g/mol. The quantitative estimate of drug-likeness (QED) is 0.162. The summed E-state index contributed by atoms with van der Waals surface area (Å²) in [5, 5.41) is 1.04.